The Morgan fingerprint density at radius 2 is 2.41 bits per heavy atom. The Kier molecular flexibility index (Phi) is 4.28. The number of rotatable bonds is 6. The second-order valence-corrected chi connectivity index (χ2v) is 5.16. The number of aromatic nitrogens is 3. The quantitative estimate of drug-likeness (QED) is 0.851. The normalized spacial score (nSPS) is 12.8. The highest BCUT2D eigenvalue weighted by atomic mass is 32.1. The molecular weight excluding hydrogens is 234 g/mol. The molecule has 0 saturated heterocycles. The summed E-state index contributed by atoms with van der Waals surface area (Å²) in [5.74, 6) is 0.841. The minimum absolute atomic E-state index is 0.321. The number of aliphatic hydroxyl groups excluding tert-OH is 1. The van der Waals surface area contributed by atoms with E-state index in [1.165, 1.54) is 11.2 Å². The average molecular weight is 251 g/mol. The fraction of sp³-hybridized carbons (Fsp3) is 0.500. The van der Waals surface area contributed by atoms with Crippen molar-refractivity contribution in [2.45, 2.75) is 31.8 Å². The van der Waals surface area contributed by atoms with Gasteiger partial charge in [0.05, 0.1) is 6.10 Å². The Bertz CT molecular complexity index is 438. The molecule has 0 fully saturated rings. The minimum atomic E-state index is -0.321. The van der Waals surface area contributed by atoms with Crippen LogP contribution in [0, 0.1) is 0 Å². The summed E-state index contributed by atoms with van der Waals surface area (Å²) >= 11 is 1.77. The van der Waals surface area contributed by atoms with Crippen molar-refractivity contribution in [3.05, 3.63) is 34.5 Å². The molecule has 17 heavy (non-hydrogen) atoms. The molecule has 0 bridgehead atoms. The molecular formula is C12H17N3OS. The zero-order valence-corrected chi connectivity index (χ0v) is 10.7. The van der Waals surface area contributed by atoms with Gasteiger partial charge in [-0.15, -0.1) is 11.3 Å². The molecule has 1 N–H and O–H groups in total. The van der Waals surface area contributed by atoms with Gasteiger partial charge in [0.15, 0.2) is 0 Å². The third-order valence-corrected chi connectivity index (χ3v) is 3.70. The van der Waals surface area contributed by atoms with Gasteiger partial charge in [-0.3, -0.25) is 4.68 Å². The van der Waals surface area contributed by atoms with E-state index in [0.717, 1.165) is 25.1 Å². The molecule has 1 atom stereocenters. The van der Waals surface area contributed by atoms with Crippen LogP contribution in [-0.2, 0) is 19.9 Å². The highest BCUT2D eigenvalue weighted by Gasteiger charge is 2.09. The molecule has 5 heteroatoms. The molecule has 2 rings (SSSR count). The maximum atomic E-state index is 9.90. The summed E-state index contributed by atoms with van der Waals surface area (Å²) in [6, 6.07) is 4.20. The Hall–Kier alpha value is -1.20. The molecule has 0 radical (unpaired) electrons. The molecule has 4 nitrogen and oxygen atoms in total. The molecule has 0 aliphatic rings. The van der Waals surface area contributed by atoms with Crippen LogP contribution in [-0.4, -0.2) is 26.0 Å². The van der Waals surface area contributed by atoms with Gasteiger partial charge in [0.1, 0.15) is 12.2 Å². The van der Waals surface area contributed by atoms with Gasteiger partial charge in [-0.05, 0) is 30.7 Å². The zero-order chi connectivity index (χ0) is 12.1. The molecule has 0 saturated carbocycles. The van der Waals surface area contributed by atoms with Crippen LogP contribution in [0.3, 0.4) is 0 Å². The van der Waals surface area contributed by atoms with E-state index in [0.29, 0.717) is 6.42 Å². The number of hydrogen-bond donors (Lipinski definition) is 1. The fourth-order valence-electron chi connectivity index (χ4n) is 1.78. The van der Waals surface area contributed by atoms with E-state index in [-0.39, 0.29) is 6.10 Å². The van der Waals surface area contributed by atoms with Crippen LogP contribution < -0.4 is 0 Å². The number of aliphatic hydroxyl groups is 1. The van der Waals surface area contributed by atoms with E-state index in [1.807, 2.05) is 7.05 Å². The van der Waals surface area contributed by atoms with Crippen LogP contribution in [0.1, 0.15) is 23.5 Å². The third kappa shape index (κ3) is 3.64. The molecule has 0 spiro atoms. The van der Waals surface area contributed by atoms with Crippen molar-refractivity contribution in [1.29, 1.82) is 0 Å². The predicted octanol–water partition coefficient (Wildman–Crippen LogP) is 1.80. The molecule has 0 aliphatic heterocycles. The number of aryl methyl sites for hydroxylation is 2. The molecule has 2 aromatic heterocycles. The molecule has 2 aromatic rings. The topological polar surface area (TPSA) is 50.9 Å². The van der Waals surface area contributed by atoms with E-state index in [4.69, 9.17) is 0 Å². The maximum Gasteiger partial charge on any atom is 0.138 e. The Morgan fingerprint density at radius 3 is 3.06 bits per heavy atom. The third-order valence-electron chi connectivity index (χ3n) is 2.76. The van der Waals surface area contributed by atoms with Crippen LogP contribution in [0.25, 0.3) is 0 Å². The first-order chi connectivity index (χ1) is 8.25. The summed E-state index contributed by atoms with van der Waals surface area (Å²) in [4.78, 5) is 5.49. The van der Waals surface area contributed by atoms with E-state index in [1.54, 1.807) is 16.0 Å². The van der Waals surface area contributed by atoms with E-state index in [2.05, 4.69) is 27.6 Å². The lowest BCUT2D eigenvalue weighted by Gasteiger charge is -2.09. The maximum absolute atomic E-state index is 9.90. The van der Waals surface area contributed by atoms with Crippen molar-refractivity contribution in [2.75, 3.05) is 0 Å². The Morgan fingerprint density at radius 1 is 1.53 bits per heavy atom. The SMILES string of the molecule is Cn1ncnc1CC(O)CCCc1cccs1. The number of nitrogens with zero attached hydrogens (tertiary/aromatic N) is 3. The van der Waals surface area contributed by atoms with Gasteiger partial charge in [0, 0.05) is 18.3 Å². The van der Waals surface area contributed by atoms with Gasteiger partial charge in [-0.2, -0.15) is 5.10 Å². The summed E-state index contributed by atoms with van der Waals surface area (Å²) in [5.41, 5.74) is 0. The Labute approximate surface area is 105 Å². The lowest BCUT2D eigenvalue weighted by atomic mass is 10.1. The van der Waals surface area contributed by atoms with Crippen LogP contribution in [0.5, 0.6) is 0 Å². The van der Waals surface area contributed by atoms with Crippen LogP contribution >= 0.6 is 11.3 Å². The highest BCUT2D eigenvalue weighted by Crippen LogP contribution is 2.13. The van der Waals surface area contributed by atoms with Crippen molar-refractivity contribution in [1.82, 2.24) is 14.8 Å². The minimum Gasteiger partial charge on any atom is -0.393 e. The fourth-order valence-corrected chi connectivity index (χ4v) is 2.54. The van der Waals surface area contributed by atoms with Crippen molar-refractivity contribution < 1.29 is 5.11 Å². The Balaban J connectivity index is 1.71. The van der Waals surface area contributed by atoms with Crippen LogP contribution in [0.4, 0.5) is 0 Å². The predicted molar refractivity (Wildman–Crippen MR) is 68.0 cm³/mol. The lowest BCUT2D eigenvalue weighted by Crippen LogP contribution is -2.14. The molecule has 0 aliphatic carbocycles. The summed E-state index contributed by atoms with van der Waals surface area (Å²) in [7, 11) is 1.85. The van der Waals surface area contributed by atoms with Gasteiger partial charge in [0.25, 0.3) is 0 Å². The van der Waals surface area contributed by atoms with Gasteiger partial charge < -0.3 is 5.11 Å². The van der Waals surface area contributed by atoms with Crippen LogP contribution in [0.15, 0.2) is 23.8 Å². The summed E-state index contributed by atoms with van der Waals surface area (Å²) in [6.45, 7) is 0. The van der Waals surface area contributed by atoms with Crippen LogP contribution in [0.2, 0.25) is 0 Å². The number of hydrogen-bond acceptors (Lipinski definition) is 4. The molecule has 0 amide bonds. The van der Waals surface area contributed by atoms with Gasteiger partial charge in [-0.25, -0.2) is 4.98 Å². The first-order valence-electron chi connectivity index (χ1n) is 5.79. The lowest BCUT2D eigenvalue weighted by molar-refractivity contribution is 0.158. The molecule has 1 unspecified atom stereocenters. The summed E-state index contributed by atoms with van der Waals surface area (Å²) in [6.07, 6.45) is 4.66. The standard InChI is InChI=1S/C12H17N3OS/c1-15-12(13-9-14-15)8-10(16)4-2-5-11-6-3-7-17-11/h3,6-7,9-10,16H,2,4-5,8H2,1H3. The second-order valence-electron chi connectivity index (χ2n) is 4.13. The van der Waals surface area contributed by atoms with Crippen molar-refractivity contribution >= 4 is 11.3 Å². The van der Waals surface area contributed by atoms with Gasteiger partial charge >= 0.3 is 0 Å². The van der Waals surface area contributed by atoms with E-state index >= 15 is 0 Å². The molecule has 92 valence electrons. The van der Waals surface area contributed by atoms with Crippen molar-refractivity contribution in [3.63, 3.8) is 0 Å². The van der Waals surface area contributed by atoms with Crippen molar-refractivity contribution in [2.24, 2.45) is 7.05 Å². The highest BCUT2D eigenvalue weighted by molar-refractivity contribution is 7.09. The van der Waals surface area contributed by atoms with Gasteiger partial charge in [0.2, 0.25) is 0 Å². The second kappa shape index (κ2) is 5.93. The smallest absolute Gasteiger partial charge is 0.138 e. The monoisotopic (exact) mass is 251 g/mol. The zero-order valence-electron chi connectivity index (χ0n) is 9.91. The molecule has 0 aromatic carbocycles. The first-order valence-corrected chi connectivity index (χ1v) is 6.67. The average Bonchev–Trinajstić information content (AvgIpc) is 2.92. The first kappa shape index (κ1) is 12.3. The summed E-state index contributed by atoms with van der Waals surface area (Å²) in [5, 5.41) is 16.0. The van der Waals surface area contributed by atoms with E-state index < -0.39 is 0 Å². The summed E-state index contributed by atoms with van der Waals surface area (Å²) < 4.78 is 1.71. The molecule has 2 heterocycles. The number of thiophene rings is 1. The van der Waals surface area contributed by atoms with Gasteiger partial charge in [-0.1, -0.05) is 6.07 Å². The van der Waals surface area contributed by atoms with E-state index in [9.17, 15) is 5.11 Å². The van der Waals surface area contributed by atoms with Crippen molar-refractivity contribution in [3.8, 4) is 0 Å². The largest absolute Gasteiger partial charge is 0.393 e.